The van der Waals surface area contributed by atoms with Gasteiger partial charge in [-0.2, -0.15) is 0 Å². The van der Waals surface area contributed by atoms with E-state index in [0.717, 1.165) is 18.4 Å². The van der Waals surface area contributed by atoms with Gasteiger partial charge in [-0.05, 0) is 43.1 Å². The summed E-state index contributed by atoms with van der Waals surface area (Å²) in [6, 6.07) is 0. The van der Waals surface area contributed by atoms with Crippen LogP contribution in [0.3, 0.4) is 0 Å². The Labute approximate surface area is 200 Å². The van der Waals surface area contributed by atoms with E-state index in [1.807, 2.05) is 19.1 Å². The predicted octanol–water partition coefficient (Wildman–Crippen LogP) is 3.60. The molecule has 0 radical (unpaired) electrons. The second-order valence-corrected chi connectivity index (χ2v) is 9.51. The molecule has 0 aromatic heterocycles. The Morgan fingerprint density at radius 2 is 1.61 bits per heavy atom. The maximum absolute atomic E-state index is 10.9. The molecule has 0 amide bonds. The quantitative estimate of drug-likeness (QED) is 0.412. The maximum atomic E-state index is 10.9. The number of methoxy groups -OCH3 is 5. The molecule has 7 heteroatoms. The highest BCUT2D eigenvalue weighted by Crippen LogP contribution is 2.49. The van der Waals surface area contributed by atoms with Gasteiger partial charge in [0.1, 0.15) is 24.4 Å². The maximum Gasteiger partial charge on any atom is 0.186 e. The summed E-state index contributed by atoms with van der Waals surface area (Å²) in [6.45, 7) is 8.47. The van der Waals surface area contributed by atoms with Crippen molar-refractivity contribution < 1.29 is 33.5 Å². The second-order valence-electron chi connectivity index (χ2n) is 9.51. The van der Waals surface area contributed by atoms with Crippen LogP contribution in [0.15, 0.2) is 23.8 Å². The third kappa shape index (κ3) is 6.66. The molecule has 1 unspecified atom stereocenters. The Bertz CT molecular complexity index is 632. The summed E-state index contributed by atoms with van der Waals surface area (Å²) in [4.78, 5) is 0. The van der Waals surface area contributed by atoms with E-state index in [4.69, 9.17) is 28.4 Å². The summed E-state index contributed by atoms with van der Waals surface area (Å²) < 4.78 is 34.2. The van der Waals surface area contributed by atoms with Crippen molar-refractivity contribution in [3.05, 3.63) is 23.8 Å². The van der Waals surface area contributed by atoms with Gasteiger partial charge in [0, 0.05) is 41.5 Å². The Hall–Kier alpha value is -0.800. The summed E-state index contributed by atoms with van der Waals surface area (Å²) in [5.41, 5.74) is 0.988. The van der Waals surface area contributed by atoms with Crippen LogP contribution in [0.25, 0.3) is 0 Å². The lowest BCUT2D eigenvalue weighted by Gasteiger charge is -2.44. The summed E-state index contributed by atoms with van der Waals surface area (Å²) in [5.74, 6) is 1.39. The number of hydrogen-bond donors (Lipinski definition) is 1. The summed E-state index contributed by atoms with van der Waals surface area (Å²) in [5, 5.41) is 10.9. The molecule has 33 heavy (non-hydrogen) atoms. The molecule has 1 N–H and O–H groups in total. The monoisotopic (exact) mass is 470 g/mol. The van der Waals surface area contributed by atoms with E-state index < -0.39 is 6.29 Å². The number of hydrogen-bond acceptors (Lipinski definition) is 7. The molecule has 0 aromatic rings. The Kier molecular flexibility index (Phi) is 11.5. The SMILES string of the molecule is CC[C@H](OC)[C@@H](C)[C@H]1CC1[C@@H](O)[C@H](C)/C=C/C=C(\C)[C@@H]1O[C@H](OC)[C@H](OC)[C@@H](OC)[C@@H]1OC. The molecule has 1 aliphatic heterocycles. The average Bonchev–Trinajstić information content (AvgIpc) is 3.63. The fourth-order valence-corrected chi connectivity index (χ4v) is 5.38. The molecule has 0 aromatic carbocycles. The summed E-state index contributed by atoms with van der Waals surface area (Å²) in [6.07, 6.45) is 6.10. The molecule has 1 heterocycles. The van der Waals surface area contributed by atoms with E-state index in [1.54, 1.807) is 35.5 Å². The van der Waals surface area contributed by atoms with Crippen LogP contribution in [-0.4, -0.2) is 83.6 Å². The smallest absolute Gasteiger partial charge is 0.186 e. The van der Waals surface area contributed by atoms with Gasteiger partial charge in [-0.1, -0.05) is 39.0 Å². The highest BCUT2D eigenvalue weighted by Gasteiger charge is 2.49. The number of rotatable bonds is 13. The fourth-order valence-electron chi connectivity index (χ4n) is 5.38. The van der Waals surface area contributed by atoms with Gasteiger partial charge in [0.15, 0.2) is 6.29 Å². The van der Waals surface area contributed by atoms with Gasteiger partial charge in [0.25, 0.3) is 0 Å². The van der Waals surface area contributed by atoms with Crippen LogP contribution in [0, 0.1) is 23.7 Å². The molecule has 2 rings (SSSR count). The fraction of sp³-hybridized carbons (Fsp3) is 0.846. The zero-order valence-corrected chi connectivity index (χ0v) is 21.9. The largest absolute Gasteiger partial charge is 0.392 e. The zero-order valence-electron chi connectivity index (χ0n) is 21.9. The minimum atomic E-state index is -0.558. The topological polar surface area (TPSA) is 75.6 Å². The molecule has 2 fully saturated rings. The van der Waals surface area contributed by atoms with Gasteiger partial charge in [0.05, 0.1) is 12.2 Å². The van der Waals surface area contributed by atoms with Crippen LogP contribution in [-0.2, 0) is 28.4 Å². The first-order valence-corrected chi connectivity index (χ1v) is 12.1. The molecule has 2 aliphatic rings. The first kappa shape index (κ1) is 28.4. The normalized spacial score (nSPS) is 36.5. The minimum Gasteiger partial charge on any atom is -0.392 e. The van der Waals surface area contributed by atoms with Crippen LogP contribution in [0.5, 0.6) is 0 Å². The number of ether oxygens (including phenoxy) is 6. The molecule has 11 atom stereocenters. The van der Waals surface area contributed by atoms with Gasteiger partial charge in [0.2, 0.25) is 0 Å². The van der Waals surface area contributed by atoms with Crippen LogP contribution < -0.4 is 0 Å². The van der Waals surface area contributed by atoms with E-state index in [2.05, 4.69) is 26.8 Å². The van der Waals surface area contributed by atoms with E-state index in [1.165, 1.54) is 0 Å². The van der Waals surface area contributed by atoms with E-state index in [-0.39, 0.29) is 42.5 Å². The Morgan fingerprint density at radius 3 is 2.12 bits per heavy atom. The van der Waals surface area contributed by atoms with Crippen molar-refractivity contribution in [1.82, 2.24) is 0 Å². The third-order valence-corrected chi connectivity index (χ3v) is 7.60. The predicted molar refractivity (Wildman–Crippen MR) is 128 cm³/mol. The Morgan fingerprint density at radius 1 is 0.970 bits per heavy atom. The van der Waals surface area contributed by atoms with Crippen LogP contribution >= 0.6 is 0 Å². The van der Waals surface area contributed by atoms with Gasteiger partial charge >= 0.3 is 0 Å². The Balaban J connectivity index is 2.02. The van der Waals surface area contributed by atoms with Crippen molar-refractivity contribution in [1.29, 1.82) is 0 Å². The number of aliphatic hydroxyl groups is 1. The molecule has 1 saturated carbocycles. The molecular weight excluding hydrogens is 424 g/mol. The van der Waals surface area contributed by atoms with Crippen molar-refractivity contribution in [3.8, 4) is 0 Å². The van der Waals surface area contributed by atoms with Crippen molar-refractivity contribution >= 4 is 0 Å². The molecule has 0 bridgehead atoms. The molecule has 7 nitrogen and oxygen atoms in total. The summed E-state index contributed by atoms with van der Waals surface area (Å²) in [7, 11) is 8.27. The van der Waals surface area contributed by atoms with Gasteiger partial charge in [-0.3, -0.25) is 0 Å². The van der Waals surface area contributed by atoms with Crippen molar-refractivity contribution in [2.24, 2.45) is 23.7 Å². The van der Waals surface area contributed by atoms with Gasteiger partial charge < -0.3 is 33.5 Å². The molecule has 1 aliphatic carbocycles. The molecule has 0 spiro atoms. The first-order valence-electron chi connectivity index (χ1n) is 12.1. The van der Waals surface area contributed by atoms with Gasteiger partial charge in [-0.15, -0.1) is 0 Å². The van der Waals surface area contributed by atoms with E-state index in [0.29, 0.717) is 17.8 Å². The van der Waals surface area contributed by atoms with Gasteiger partial charge in [-0.25, -0.2) is 0 Å². The van der Waals surface area contributed by atoms with Crippen molar-refractivity contribution in [3.63, 3.8) is 0 Å². The van der Waals surface area contributed by atoms with Crippen molar-refractivity contribution in [2.75, 3.05) is 35.5 Å². The highest BCUT2D eigenvalue weighted by molar-refractivity contribution is 5.19. The number of aliphatic hydroxyl groups excluding tert-OH is 1. The lowest BCUT2D eigenvalue weighted by Crippen LogP contribution is -2.60. The average molecular weight is 471 g/mol. The molecule has 1 saturated heterocycles. The number of allylic oxidation sites excluding steroid dienone is 2. The molecule has 192 valence electrons. The standard InChI is InChI=1S/C26H46O7/c1-10-20(28-5)17(4)18-14-19(18)21(27)15(2)12-11-13-16(3)22-23(29-6)24(30-7)25(31-8)26(32-9)33-22/h11-13,15,17-27H,10,14H2,1-9H3/b12-11+,16-13+/t15-,17+,18-,19?,20+,21+,22+,23-,24+,25-,26+/m1/s1. The van der Waals surface area contributed by atoms with Crippen LogP contribution in [0.1, 0.15) is 40.5 Å². The van der Waals surface area contributed by atoms with E-state index >= 15 is 0 Å². The first-order chi connectivity index (χ1) is 15.8. The van der Waals surface area contributed by atoms with Crippen LogP contribution in [0.4, 0.5) is 0 Å². The lowest BCUT2D eigenvalue weighted by molar-refractivity contribution is -0.295. The second kappa shape index (κ2) is 13.3. The third-order valence-electron chi connectivity index (χ3n) is 7.60. The molecular formula is C26H46O7. The lowest BCUT2D eigenvalue weighted by atomic mass is 9.91. The zero-order chi connectivity index (χ0) is 24.7. The highest BCUT2D eigenvalue weighted by atomic mass is 16.7. The van der Waals surface area contributed by atoms with Crippen molar-refractivity contribution in [2.45, 2.75) is 83.5 Å². The van der Waals surface area contributed by atoms with Crippen LogP contribution in [0.2, 0.25) is 0 Å². The summed E-state index contributed by atoms with van der Waals surface area (Å²) >= 11 is 0. The minimum absolute atomic E-state index is 0.0562. The van der Waals surface area contributed by atoms with E-state index in [9.17, 15) is 5.11 Å².